The van der Waals surface area contributed by atoms with Gasteiger partial charge in [-0.15, -0.1) is 0 Å². The number of carboxylic acid groups (broad SMARTS) is 1. The molecule has 0 aliphatic heterocycles. The number of carbonyl (C=O) groups is 3. The van der Waals surface area contributed by atoms with Crippen molar-refractivity contribution >= 4 is 17.7 Å². The van der Waals surface area contributed by atoms with Gasteiger partial charge >= 0.3 is 11.9 Å². The highest BCUT2D eigenvalue weighted by Crippen LogP contribution is 2.77. The first kappa shape index (κ1) is 43.0. The van der Waals surface area contributed by atoms with E-state index in [-0.39, 0.29) is 51.6 Å². The predicted molar refractivity (Wildman–Crippen MR) is 223 cm³/mol. The molecule has 0 bridgehead atoms. The molecule has 0 aromatic carbocycles. The van der Waals surface area contributed by atoms with E-state index in [1.54, 1.807) is 19.4 Å². The largest absolute Gasteiger partial charge is 0.481 e. The molecular formula is C48H75N3O5. The third kappa shape index (κ3) is 7.13. The van der Waals surface area contributed by atoms with E-state index in [9.17, 15) is 19.5 Å². The molecule has 4 saturated carbocycles. The Hall–Kier alpha value is -2.58. The van der Waals surface area contributed by atoms with Gasteiger partial charge in [0.2, 0.25) is 0 Å². The fourth-order valence-electron chi connectivity index (χ4n) is 13.9. The SMILES string of the molecule is CC(C)C1=C2[C@H]3CC[C@@H]4[C@@]5(C)CC[C@H](OC(=O)CC(C)(C)C(=O)O)C(C)(C)[C@@H]5CC[C@@]4(C)[C@]3(C)CC[C@@]2(CCN(CCN(C)C)[C@H](C)c2ccccn2)CC1=O. The van der Waals surface area contributed by atoms with Crippen LogP contribution in [0.1, 0.15) is 152 Å². The number of ether oxygens (including phenoxy) is 1. The summed E-state index contributed by atoms with van der Waals surface area (Å²) in [5, 5.41) is 9.65. The van der Waals surface area contributed by atoms with Gasteiger partial charge in [-0.25, -0.2) is 0 Å². The Morgan fingerprint density at radius 3 is 2.25 bits per heavy atom. The number of hydrogen-bond acceptors (Lipinski definition) is 7. The van der Waals surface area contributed by atoms with E-state index < -0.39 is 17.4 Å². The zero-order valence-electron chi connectivity index (χ0n) is 37.1. The van der Waals surface area contributed by atoms with Crippen LogP contribution in [0.25, 0.3) is 0 Å². The maximum atomic E-state index is 14.3. The maximum absolute atomic E-state index is 14.3. The number of esters is 1. The van der Waals surface area contributed by atoms with Crippen LogP contribution in [0.5, 0.6) is 0 Å². The molecule has 0 amide bonds. The molecule has 56 heavy (non-hydrogen) atoms. The van der Waals surface area contributed by atoms with Crippen molar-refractivity contribution in [3.8, 4) is 0 Å². The van der Waals surface area contributed by atoms with Crippen LogP contribution in [0.2, 0.25) is 0 Å². The molecule has 5 aliphatic rings. The quantitative estimate of drug-likeness (QED) is 0.198. The molecule has 6 rings (SSSR count). The molecule has 1 aromatic heterocycles. The van der Waals surface area contributed by atoms with E-state index in [1.807, 2.05) is 12.3 Å². The molecule has 4 fully saturated rings. The van der Waals surface area contributed by atoms with Gasteiger partial charge in [0.25, 0.3) is 0 Å². The van der Waals surface area contributed by atoms with Gasteiger partial charge in [-0.1, -0.05) is 60.1 Å². The Kier molecular flexibility index (Phi) is 11.7. The minimum absolute atomic E-state index is 0.0789. The van der Waals surface area contributed by atoms with Gasteiger partial charge in [-0.3, -0.25) is 24.3 Å². The van der Waals surface area contributed by atoms with Crippen LogP contribution in [0.4, 0.5) is 0 Å². The van der Waals surface area contributed by atoms with Crippen molar-refractivity contribution in [3.63, 3.8) is 0 Å². The minimum atomic E-state index is -1.15. The van der Waals surface area contributed by atoms with Crippen LogP contribution in [-0.4, -0.2) is 77.4 Å². The van der Waals surface area contributed by atoms with Gasteiger partial charge in [0.1, 0.15) is 6.10 Å². The van der Waals surface area contributed by atoms with Crippen molar-refractivity contribution in [2.75, 3.05) is 33.7 Å². The molecule has 1 aromatic rings. The first-order valence-corrected chi connectivity index (χ1v) is 22.0. The summed E-state index contributed by atoms with van der Waals surface area (Å²) in [6.45, 7) is 25.3. The standard InChI is InChI=1S/C48H75N3O5/c1-31(2)40-35(52)29-48(24-26-51(28-27-50(11)12)32(3)34-15-13-14-25-49-34)23-22-46(9)33(41(40)48)16-17-37-45(8)20-19-38(56-39(53)30-43(4,5)42(54)55)44(6,7)36(45)18-21-47(37,46)10/h13-15,25,31-33,36-38H,16-24,26-30H2,1-12H3,(H,54,55)/t32-,33-,36+,37-,38+,45+,46-,47-,48-/m1/s1. The third-order valence-corrected chi connectivity index (χ3v) is 17.3. The summed E-state index contributed by atoms with van der Waals surface area (Å²) in [6.07, 6.45) is 11.9. The highest BCUT2D eigenvalue weighted by Gasteiger charge is 2.70. The topological polar surface area (TPSA) is 100 Å². The number of allylic oxidation sites excluding steroid dienone is 2. The van der Waals surface area contributed by atoms with Crippen molar-refractivity contribution in [1.82, 2.24) is 14.8 Å². The van der Waals surface area contributed by atoms with Gasteiger partial charge in [0.15, 0.2) is 5.78 Å². The number of rotatable bonds is 13. The second-order valence-electron chi connectivity index (χ2n) is 21.7. The molecule has 312 valence electrons. The molecule has 5 aliphatic carbocycles. The zero-order chi connectivity index (χ0) is 41.2. The molecule has 0 spiro atoms. The lowest BCUT2D eigenvalue weighted by Crippen LogP contribution is -2.65. The number of pyridine rings is 1. The highest BCUT2D eigenvalue weighted by atomic mass is 16.5. The van der Waals surface area contributed by atoms with E-state index in [2.05, 4.69) is 91.4 Å². The Bertz CT molecular complexity index is 1680. The van der Waals surface area contributed by atoms with Gasteiger partial charge < -0.3 is 14.7 Å². The monoisotopic (exact) mass is 774 g/mol. The fraction of sp³-hybridized carbons (Fsp3) is 0.792. The van der Waals surface area contributed by atoms with Crippen molar-refractivity contribution in [3.05, 3.63) is 41.2 Å². The normalized spacial score (nSPS) is 35.9. The van der Waals surface area contributed by atoms with Crippen LogP contribution in [0, 0.1) is 56.2 Å². The number of nitrogens with zero attached hydrogens (tertiary/aromatic N) is 3. The van der Waals surface area contributed by atoms with Crippen molar-refractivity contribution in [2.24, 2.45) is 56.2 Å². The van der Waals surface area contributed by atoms with Crippen LogP contribution < -0.4 is 0 Å². The number of Topliss-reactive ketones (excluding diaryl/α,β-unsaturated/α-hetero) is 1. The first-order valence-electron chi connectivity index (χ1n) is 22.0. The van der Waals surface area contributed by atoms with Gasteiger partial charge in [-0.05, 0) is 157 Å². The van der Waals surface area contributed by atoms with Crippen molar-refractivity contribution < 1.29 is 24.2 Å². The van der Waals surface area contributed by atoms with E-state index in [1.165, 1.54) is 6.42 Å². The van der Waals surface area contributed by atoms with Crippen LogP contribution in [0.3, 0.4) is 0 Å². The number of aliphatic carboxylic acids is 1. The average Bonchev–Trinajstić information content (AvgIpc) is 3.41. The third-order valence-electron chi connectivity index (χ3n) is 17.3. The summed E-state index contributed by atoms with van der Waals surface area (Å²) in [5.74, 6) is 0.612. The number of aromatic nitrogens is 1. The zero-order valence-corrected chi connectivity index (χ0v) is 37.1. The lowest BCUT2D eigenvalue weighted by Gasteiger charge is -2.72. The van der Waals surface area contributed by atoms with Gasteiger partial charge in [-0.2, -0.15) is 0 Å². The highest BCUT2D eigenvalue weighted by molar-refractivity contribution is 6.00. The molecular weight excluding hydrogens is 699 g/mol. The van der Waals surface area contributed by atoms with E-state index in [0.717, 1.165) is 82.3 Å². The van der Waals surface area contributed by atoms with Crippen LogP contribution >= 0.6 is 0 Å². The van der Waals surface area contributed by atoms with Gasteiger partial charge in [0, 0.05) is 42.6 Å². The molecule has 0 unspecified atom stereocenters. The summed E-state index contributed by atoms with van der Waals surface area (Å²) in [5.41, 5.74) is 2.70. The second-order valence-corrected chi connectivity index (χ2v) is 21.7. The van der Waals surface area contributed by atoms with Crippen molar-refractivity contribution in [1.29, 1.82) is 0 Å². The first-order chi connectivity index (χ1) is 26.0. The molecule has 1 N–H and O–H groups in total. The Morgan fingerprint density at radius 2 is 1.62 bits per heavy atom. The lowest BCUT2D eigenvalue weighted by atomic mass is 9.33. The van der Waals surface area contributed by atoms with Gasteiger partial charge in [0.05, 0.1) is 17.5 Å². The average molecular weight is 774 g/mol. The number of carbonyl (C=O) groups excluding carboxylic acids is 2. The number of ketones is 1. The Labute approximate surface area is 339 Å². The minimum Gasteiger partial charge on any atom is -0.481 e. The Balaban J connectivity index is 1.27. The number of likely N-dealkylation sites (N-methyl/N-ethyl adjacent to an activating group) is 1. The molecule has 0 radical (unpaired) electrons. The van der Waals surface area contributed by atoms with Crippen LogP contribution in [0.15, 0.2) is 35.5 Å². The summed E-state index contributed by atoms with van der Waals surface area (Å²) in [7, 11) is 4.29. The second kappa shape index (κ2) is 15.2. The smallest absolute Gasteiger partial charge is 0.309 e. The summed E-state index contributed by atoms with van der Waals surface area (Å²) in [6, 6.07) is 6.43. The van der Waals surface area contributed by atoms with Crippen molar-refractivity contribution in [2.45, 2.75) is 152 Å². The molecule has 1 heterocycles. The van der Waals surface area contributed by atoms with E-state index >= 15 is 0 Å². The number of fused-ring (bicyclic) bond motifs is 7. The van der Waals surface area contributed by atoms with Crippen LogP contribution in [-0.2, 0) is 19.1 Å². The summed E-state index contributed by atoms with van der Waals surface area (Å²) >= 11 is 0. The number of carboxylic acids is 1. The molecule has 8 heteroatoms. The molecule has 0 saturated heterocycles. The lowest BCUT2D eigenvalue weighted by molar-refractivity contribution is -0.233. The van der Waals surface area contributed by atoms with E-state index in [4.69, 9.17) is 9.72 Å². The molecule has 8 nitrogen and oxygen atoms in total. The number of hydrogen-bond donors (Lipinski definition) is 1. The predicted octanol–water partition coefficient (Wildman–Crippen LogP) is 9.79. The fourth-order valence-corrected chi connectivity index (χ4v) is 13.9. The summed E-state index contributed by atoms with van der Waals surface area (Å²) in [4.78, 5) is 48.9. The summed E-state index contributed by atoms with van der Waals surface area (Å²) < 4.78 is 6.21. The van der Waals surface area contributed by atoms with E-state index in [0.29, 0.717) is 30.0 Å². The molecule has 9 atom stereocenters. The Morgan fingerprint density at radius 1 is 0.911 bits per heavy atom. The maximum Gasteiger partial charge on any atom is 0.309 e.